The second-order valence-electron chi connectivity index (χ2n) is 11.2. The van der Waals surface area contributed by atoms with Gasteiger partial charge in [0.05, 0.1) is 6.42 Å². The molecule has 234 valence electrons. The summed E-state index contributed by atoms with van der Waals surface area (Å²) in [6, 6.07) is 20.3. The van der Waals surface area contributed by atoms with Crippen molar-refractivity contribution >= 4 is 41.2 Å². The summed E-state index contributed by atoms with van der Waals surface area (Å²) in [5, 5.41) is 12.5. The van der Waals surface area contributed by atoms with Crippen LogP contribution in [0.1, 0.15) is 48.8 Å². The zero-order chi connectivity index (χ0) is 31.4. The predicted octanol–water partition coefficient (Wildman–Crippen LogP) is 6.06. The van der Waals surface area contributed by atoms with E-state index in [1.165, 1.54) is 44.2 Å². The third-order valence-corrected chi connectivity index (χ3v) is 7.44. The summed E-state index contributed by atoms with van der Waals surface area (Å²) in [4.78, 5) is 38.2. The fourth-order valence-electron chi connectivity index (χ4n) is 5.08. The molecule has 1 aliphatic rings. The molecule has 0 bridgehead atoms. The Morgan fingerprint density at radius 2 is 1.47 bits per heavy atom. The highest BCUT2D eigenvalue weighted by atomic mass is 19.1. The van der Waals surface area contributed by atoms with Crippen LogP contribution in [0.3, 0.4) is 0 Å². The molecule has 1 aromatic heterocycles. The third-order valence-electron chi connectivity index (χ3n) is 7.44. The Labute approximate surface area is 261 Å². The van der Waals surface area contributed by atoms with Crippen LogP contribution in [0.5, 0.6) is 0 Å². The SMILES string of the molecule is Cc1cccc(NC(=O)NNC(=O)Cc2ccc(Nc3nc(NCc4ccc(F)cc4)nc(NCC4CCCCC4)n3)cc2)c1. The lowest BCUT2D eigenvalue weighted by atomic mass is 9.89. The van der Waals surface area contributed by atoms with Gasteiger partial charge in [0.25, 0.3) is 0 Å². The van der Waals surface area contributed by atoms with Crippen LogP contribution in [0.15, 0.2) is 72.8 Å². The van der Waals surface area contributed by atoms with E-state index in [1.807, 2.05) is 49.4 Å². The molecule has 3 aromatic carbocycles. The van der Waals surface area contributed by atoms with Gasteiger partial charge in [-0.1, -0.05) is 55.7 Å². The first-order valence-electron chi connectivity index (χ1n) is 15.1. The van der Waals surface area contributed by atoms with Gasteiger partial charge >= 0.3 is 6.03 Å². The van der Waals surface area contributed by atoms with Crippen molar-refractivity contribution in [2.24, 2.45) is 5.92 Å². The molecule has 45 heavy (non-hydrogen) atoms. The van der Waals surface area contributed by atoms with E-state index in [2.05, 4.69) is 47.1 Å². The van der Waals surface area contributed by atoms with Gasteiger partial charge in [0.2, 0.25) is 23.8 Å². The number of hydrogen-bond donors (Lipinski definition) is 6. The Bertz CT molecular complexity index is 1580. The van der Waals surface area contributed by atoms with Crippen molar-refractivity contribution in [2.75, 3.05) is 27.8 Å². The highest BCUT2D eigenvalue weighted by molar-refractivity contribution is 5.91. The van der Waals surface area contributed by atoms with E-state index in [0.717, 1.165) is 28.9 Å². The van der Waals surface area contributed by atoms with Gasteiger partial charge in [0.15, 0.2) is 0 Å². The highest BCUT2D eigenvalue weighted by Crippen LogP contribution is 2.24. The molecular weight excluding hydrogens is 573 g/mol. The van der Waals surface area contributed by atoms with Gasteiger partial charge in [-0.15, -0.1) is 0 Å². The molecule has 1 aliphatic carbocycles. The molecule has 1 fully saturated rings. The second kappa shape index (κ2) is 15.5. The second-order valence-corrected chi connectivity index (χ2v) is 11.2. The largest absolute Gasteiger partial charge is 0.354 e. The summed E-state index contributed by atoms with van der Waals surface area (Å²) in [6.45, 7) is 3.14. The van der Waals surface area contributed by atoms with Crippen LogP contribution >= 0.6 is 0 Å². The number of halogens is 1. The van der Waals surface area contributed by atoms with E-state index in [-0.39, 0.29) is 18.1 Å². The normalized spacial score (nSPS) is 13.0. The molecule has 1 saturated carbocycles. The molecule has 5 rings (SSSR count). The molecule has 0 unspecified atom stereocenters. The van der Waals surface area contributed by atoms with Gasteiger partial charge in [0.1, 0.15) is 5.82 Å². The molecule has 3 amide bonds. The van der Waals surface area contributed by atoms with Gasteiger partial charge in [-0.25, -0.2) is 14.6 Å². The maximum Gasteiger partial charge on any atom is 0.337 e. The average molecular weight is 612 g/mol. The third kappa shape index (κ3) is 10.2. The molecule has 0 radical (unpaired) electrons. The first-order valence-corrected chi connectivity index (χ1v) is 15.1. The van der Waals surface area contributed by atoms with Crippen molar-refractivity contribution in [3.05, 3.63) is 95.3 Å². The van der Waals surface area contributed by atoms with Crippen molar-refractivity contribution in [1.82, 2.24) is 25.8 Å². The Morgan fingerprint density at radius 3 is 2.20 bits per heavy atom. The van der Waals surface area contributed by atoms with E-state index in [1.54, 1.807) is 18.2 Å². The van der Waals surface area contributed by atoms with Gasteiger partial charge in [-0.2, -0.15) is 15.0 Å². The molecule has 11 nitrogen and oxygen atoms in total. The van der Waals surface area contributed by atoms with Crippen LogP contribution in [0.25, 0.3) is 0 Å². The van der Waals surface area contributed by atoms with Crippen molar-refractivity contribution in [2.45, 2.75) is 52.0 Å². The Hall–Kier alpha value is -5.26. The van der Waals surface area contributed by atoms with Crippen molar-refractivity contribution in [3.63, 3.8) is 0 Å². The Balaban J connectivity index is 1.17. The minimum Gasteiger partial charge on any atom is -0.354 e. The first-order chi connectivity index (χ1) is 21.9. The lowest BCUT2D eigenvalue weighted by molar-refractivity contribution is -0.121. The minimum absolute atomic E-state index is 0.0729. The average Bonchev–Trinajstić information content (AvgIpc) is 3.04. The number of aryl methyl sites for hydroxylation is 1. The number of hydrazine groups is 1. The summed E-state index contributed by atoms with van der Waals surface area (Å²) >= 11 is 0. The summed E-state index contributed by atoms with van der Waals surface area (Å²) in [6.07, 6.45) is 6.25. The maximum absolute atomic E-state index is 13.3. The zero-order valence-corrected chi connectivity index (χ0v) is 25.2. The first kappa shape index (κ1) is 31.2. The number of hydrogen-bond acceptors (Lipinski definition) is 8. The summed E-state index contributed by atoms with van der Waals surface area (Å²) in [5.74, 6) is 1.14. The number of anilines is 5. The molecule has 12 heteroatoms. The molecular formula is C33H38FN9O2. The smallest absolute Gasteiger partial charge is 0.337 e. The van der Waals surface area contributed by atoms with Crippen molar-refractivity contribution < 1.29 is 14.0 Å². The van der Waals surface area contributed by atoms with Gasteiger partial charge in [-0.3, -0.25) is 10.2 Å². The van der Waals surface area contributed by atoms with Crippen LogP contribution in [-0.2, 0) is 17.8 Å². The summed E-state index contributed by atoms with van der Waals surface area (Å²) < 4.78 is 13.3. The fraction of sp³-hybridized carbons (Fsp3) is 0.303. The van der Waals surface area contributed by atoms with Crippen LogP contribution < -0.4 is 32.1 Å². The Morgan fingerprint density at radius 1 is 0.778 bits per heavy atom. The van der Waals surface area contributed by atoms with Gasteiger partial charge < -0.3 is 21.3 Å². The lowest BCUT2D eigenvalue weighted by Crippen LogP contribution is -2.44. The van der Waals surface area contributed by atoms with E-state index in [9.17, 15) is 14.0 Å². The van der Waals surface area contributed by atoms with Crippen molar-refractivity contribution in [1.29, 1.82) is 0 Å². The fourth-order valence-corrected chi connectivity index (χ4v) is 5.08. The topological polar surface area (TPSA) is 145 Å². The summed E-state index contributed by atoms with van der Waals surface area (Å²) in [5.41, 5.74) is 8.80. The molecule has 1 heterocycles. The van der Waals surface area contributed by atoms with Crippen LogP contribution in [0, 0.1) is 18.7 Å². The minimum atomic E-state index is -0.537. The standard InChI is InChI=1S/C33H38FN9O2/c1-22-6-5-9-28(18-22)38-33(45)43-42-29(44)19-23-12-16-27(17-13-23)37-32-40-30(35-20-24-7-3-2-4-8-24)39-31(41-32)36-21-25-10-14-26(34)15-11-25/h5-6,9-18,24H,2-4,7-8,19-21H2,1H3,(H,42,44)(H2,38,43,45)(H3,35,36,37,39,40,41). The zero-order valence-electron chi connectivity index (χ0n) is 25.2. The number of urea groups is 1. The van der Waals surface area contributed by atoms with E-state index < -0.39 is 6.03 Å². The van der Waals surface area contributed by atoms with Gasteiger partial charge in [-0.05, 0) is 78.8 Å². The van der Waals surface area contributed by atoms with E-state index in [0.29, 0.717) is 36.0 Å². The lowest BCUT2D eigenvalue weighted by Gasteiger charge is -2.21. The van der Waals surface area contributed by atoms with Crippen LogP contribution in [0.4, 0.5) is 38.4 Å². The highest BCUT2D eigenvalue weighted by Gasteiger charge is 2.15. The number of nitrogens with zero attached hydrogens (tertiary/aromatic N) is 3. The molecule has 0 atom stereocenters. The molecule has 0 saturated heterocycles. The molecule has 6 N–H and O–H groups in total. The number of amides is 3. The number of benzene rings is 3. The van der Waals surface area contributed by atoms with Gasteiger partial charge in [0, 0.05) is 24.5 Å². The number of nitrogens with one attached hydrogen (secondary N) is 6. The molecule has 0 spiro atoms. The van der Waals surface area contributed by atoms with E-state index in [4.69, 9.17) is 0 Å². The molecule has 4 aromatic rings. The number of carbonyl (C=O) groups is 2. The van der Waals surface area contributed by atoms with Crippen LogP contribution in [-0.4, -0.2) is 33.4 Å². The number of aromatic nitrogens is 3. The molecule has 0 aliphatic heterocycles. The van der Waals surface area contributed by atoms with E-state index >= 15 is 0 Å². The quantitative estimate of drug-likeness (QED) is 0.112. The maximum atomic E-state index is 13.3. The Kier molecular flexibility index (Phi) is 10.7. The predicted molar refractivity (Wildman–Crippen MR) is 174 cm³/mol. The number of carbonyl (C=O) groups excluding carboxylic acids is 2. The summed E-state index contributed by atoms with van der Waals surface area (Å²) in [7, 11) is 0. The monoisotopic (exact) mass is 611 g/mol. The van der Waals surface area contributed by atoms with Crippen LogP contribution in [0.2, 0.25) is 0 Å². The van der Waals surface area contributed by atoms with Crippen molar-refractivity contribution in [3.8, 4) is 0 Å². The number of rotatable bonds is 11.